The van der Waals surface area contributed by atoms with E-state index in [-0.39, 0.29) is 36.2 Å². The molecule has 0 radical (unpaired) electrons. The molecule has 4 atom stereocenters. The molecule has 0 aromatic heterocycles. The summed E-state index contributed by atoms with van der Waals surface area (Å²) < 4.78 is 21.3. The number of halogens is 1. The van der Waals surface area contributed by atoms with Crippen LogP contribution in [0.5, 0.6) is 0 Å². The minimum atomic E-state index is -2.91. The third-order valence-corrected chi connectivity index (χ3v) is 10.0. The van der Waals surface area contributed by atoms with Crippen LogP contribution in [0.3, 0.4) is 0 Å². The van der Waals surface area contributed by atoms with Crippen molar-refractivity contribution in [2.24, 2.45) is 5.92 Å². The van der Waals surface area contributed by atoms with Gasteiger partial charge in [0, 0.05) is 23.2 Å². The number of hydrogen-bond acceptors (Lipinski definition) is 3. The molecule has 2 heterocycles. The second kappa shape index (κ2) is 8.91. The maximum atomic E-state index is 15.1. The molecular formula is C28H32FNO3Si. The molecule has 3 aromatic carbocycles. The Morgan fingerprint density at radius 1 is 1.03 bits per heavy atom. The van der Waals surface area contributed by atoms with Gasteiger partial charge in [-0.15, -0.1) is 0 Å². The van der Waals surface area contributed by atoms with Crippen LogP contribution >= 0.6 is 0 Å². The number of aryl methyl sites for hydroxylation is 1. The minimum Gasteiger partial charge on any atom is -0.396 e. The Kier molecular flexibility index (Phi) is 6.08. The van der Waals surface area contributed by atoms with Crippen LogP contribution in [0.4, 0.5) is 15.5 Å². The standard InChI is InChI=1S/C28H32FNO3Si/c1-18-24(33-25(15-16-31)27(18)34(2,3)29)14-13-19-7-4-10-21(17-19)30-23-12-6-9-20-8-5-11-22(26(20)23)28(30)32/h4-12,17-18,24-25,27,31H,13-16H2,1-3H3/t18-,24+,25-,27+/m0/s1. The van der Waals surface area contributed by atoms with Gasteiger partial charge in [0.15, 0.2) is 0 Å². The van der Waals surface area contributed by atoms with Crippen molar-refractivity contribution in [1.82, 2.24) is 0 Å². The number of aliphatic hydroxyl groups is 1. The van der Waals surface area contributed by atoms with Crippen molar-refractivity contribution >= 4 is 36.5 Å². The lowest BCUT2D eigenvalue weighted by molar-refractivity contribution is 0.0193. The SMILES string of the molecule is C[C@@H]1[C@@H]([Si](C)(C)F)[C@H](CCO)O[C@@H]1CCc1cccc(N2C(=O)c3cccc4cccc2c34)c1. The van der Waals surface area contributed by atoms with Crippen molar-refractivity contribution < 1.29 is 18.7 Å². The molecule has 2 aliphatic rings. The monoisotopic (exact) mass is 477 g/mol. The second-order valence-electron chi connectivity index (χ2n) is 10.2. The summed E-state index contributed by atoms with van der Waals surface area (Å²) in [4.78, 5) is 15.1. The van der Waals surface area contributed by atoms with Crippen LogP contribution in [0.25, 0.3) is 10.8 Å². The van der Waals surface area contributed by atoms with Gasteiger partial charge in [0.2, 0.25) is 8.41 Å². The Morgan fingerprint density at radius 3 is 2.50 bits per heavy atom. The molecule has 2 aliphatic heterocycles. The maximum Gasteiger partial charge on any atom is 0.263 e. The zero-order valence-electron chi connectivity index (χ0n) is 20.0. The molecule has 0 spiro atoms. The number of ether oxygens (including phenoxy) is 1. The average Bonchev–Trinajstić information content (AvgIpc) is 3.28. The number of amides is 1. The van der Waals surface area contributed by atoms with Crippen LogP contribution in [0.15, 0.2) is 60.7 Å². The highest BCUT2D eigenvalue weighted by Gasteiger charge is 2.50. The molecule has 34 heavy (non-hydrogen) atoms. The molecule has 4 nitrogen and oxygen atoms in total. The van der Waals surface area contributed by atoms with E-state index in [0.29, 0.717) is 6.42 Å². The summed E-state index contributed by atoms with van der Waals surface area (Å²) in [5.41, 5.74) is 3.55. The summed E-state index contributed by atoms with van der Waals surface area (Å²) in [6.45, 7) is 5.61. The predicted molar refractivity (Wildman–Crippen MR) is 137 cm³/mol. The van der Waals surface area contributed by atoms with Gasteiger partial charge in [-0.2, -0.15) is 0 Å². The number of benzene rings is 3. The number of carbonyl (C=O) groups is 1. The molecule has 178 valence electrons. The van der Waals surface area contributed by atoms with E-state index in [1.807, 2.05) is 48.5 Å². The number of nitrogens with zero attached hydrogens (tertiary/aromatic N) is 1. The van der Waals surface area contributed by atoms with Crippen LogP contribution in [0, 0.1) is 5.92 Å². The van der Waals surface area contributed by atoms with Gasteiger partial charge in [-0.1, -0.05) is 43.3 Å². The first-order chi connectivity index (χ1) is 16.3. The molecule has 0 saturated carbocycles. The average molecular weight is 478 g/mol. The summed E-state index contributed by atoms with van der Waals surface area (Å²) in [7, 11) is -2.91. The van der Waals surface area contributed by atoms with Crippen molar-refractivity contribution in [3.63, 3.8) is 0 Å². The Bertz CT molecular complexity index is 1220. The number of rotatable bonds is 7. The highest BCUT2D eigenvalue weighted by Crippen LogP contribution is 2.47. The Morgan fingerprint density at radius 2 is 1.76 bits per heavy atom. The lowest BCUT2D eigenvalue weighted by atomic mass is 9.95. The first kappa shape index (κ1) is 23.2. The molecule has 3 aromatic rings. The van der Waals surface area contributed by atoms with Crippen LogP contribution in [0.2, 0.25) is 18.6 Å². The fourth-order valence-corrected chi connectivity index (χ4v) is 8.70. The summed E-state index contributed by atoms with van der Waals surface area (Å²) in [5, 5.41) is 11.5. The molecule has 6 heteroatoms. The molecule has 1 amide bonds. The summed E-state index contributed by atoms with van der Waals surface area (Å²) in [6.07, 6.45) is 1.83. The number of carbonyl (C=O) groups excluding carboxylic acids is 1. The Labute approximate surface area is 201 Å². The third kappa shape index (κ3) is 3.98. The van der Waals surface area contributed by atoms with Gasteiger partial charge in [0.05, 0.1) is 23.5 Å². The fraction of sp³-hybridized carbons (Fsp3) is 0.393. The second-order valence-corrected chi connectivity index (χ2v) is 14.0. The van der Waals surface area contributed by atoms with Gasteiger partial charge in [-0.3, -0.25) is 9.69 Å². The lowest BCUT2D eigenvalue weighted by Crippen LogP contribution is -2.36. The highest BCUT2D eigenvalue weighted by molar-refractivity contribution is 6.72. The van der Waals surface area contributed by atoms with E-state index in [0.717, 1.165) is 46.1 Å². The normalized spacial score (nSPS) is 24.4. The van der Waals surface area contributed by atoms with Crippen molar-refractivity contribution in [2.45, 2.75) is 57.0 Å². The first-order valence-electron chi connectivity index (χ1n) is 12.2. The van der Waals surface area contributed by atoms with E-state index in [1.54, 1.807) is 18.0 Å². The fourth-order valence-electron chi connectivity index (χ4n) is 6.11. The smallest absolute Gasteiger partial charge is 0.263 e. The third-order valence-electron chi connectivity index (χ3n) is 7.55. The van der Waals surface area contributed by atoms with Gasteiger partial charge >= 0.3 is 0 Å². The molecule has 1 N–H and O–H groups in total. The highest BCUT2D eigenvalue weighted by atomic mass is 28.4. The number of anilines is 2. The van der Waals surface area contributed by atoms with Gasteiger partial charge in [0.1, 0.15) is 0 Å². The Hall–Kier alpha value is -2.54. The number of hydrogen-bond donors (Lipinski definition) is 1. The van der Waals surface area contributed by atoms with E-state index in [4.69, 9.17) is 4.74 Å². The van der Waals surface area contributed by atoms with Crippen LogP contribution in [-0.2, 0) is 11.2 Å². The van der Waals surface area contributed by atoms with Crippen LogP contribution < -0.4 is 4.90 Å². The zero-order valence-corrected chi connectivity index (χ0v) is 21.0. The minimum absolute atomic E-state index is 0.00141. The van der Waals surface area contributed by atoms with E-state index in [9.17, 15) is 9.90 Å². The van der Waals surface area contributed by atoms with Gasteiger partial charge in [-0.05, 0) is 73.5 Å². The first-order valence-corrected chi connectivity index (χ1v) is 15.2. The molecule has 1 fully saturated rings. The molecule has 0 aliphatic carbocycles. The molecule has 5 rings (SSSR count). The summed E-state index contributed by atoms with van der Waals surface area (Å²) in [5.74, 6) is 0.125. The zero-order chi connectivity index (χ0) is 24.0. The summed E-state index contributed by atoms with van der Waals surface area (Å²) in [6, 6.07) is 20.0. The van der Waals surface area contributed by atoms with Crippen LogP contribution in [-0.4, -0.2) is 38.2 Å². The molecule has 1 saturated heterocycles. The van der Waals surface area contributed by atoms with E-state index >= 15 is 4.11 Å². The molecule has 0 bridgehead atoms. The molecule has 0 unspecified atom stereocenters. The van der Waals surface area contributed by atoms with Crippen molar-refractivity contribution in [3.8, 4) is 0 Å². The van der Waals surface area contributed by atoms with Crippen molar-refractivity contribution in [2.75, 3.05) is 11.5 Å². The van der Waals surface area contributed by atoms with E-state index in [1.165, 1.54) is 0 Å². The van der Waals surface area contributed by atoms with Gasteiger partial charge < -0.3 is 14.0 Å². The van der Waals surface area contributed by atoms with Crippen LogP contribution in [0.1, 0.15) is 35.7 Å². The number of aliphatic hydroxyl groups excluding tert-OH is 1. The summed E-state index contributed by atoms with van der Waals surface area (Å²) >= 11 is 0. The van der Waals surface area contributed by atoms with Gasteiger partial charge in [-0.25, -0.2) is 0 Å². The largest absolute Gasteiger partial charge is 0.396 e. The quantitative estimate of drug-likeness (QED) is 0.317. The predicted octanol–water partition coefficient (Wildman–Crippen LogP) is 6.40. The van der Waals surface area contributed by atoms with Crippen molar-refractivity contribution in [1.29, 1.82) is 0 Å². The molecular weight excluding hydrogens is 445 g/mol. The van der Waals surface area contributed by atoms with Gasteiger partial charge in [0.25, 0.3) is 5.91 Å². The topological polar surface area (TPSA) is 49.8 Å². The maximum absolute atomic E-state index is 15.1. The van der Waals surface area contributed by atoms with E-state index in [2.05, 4.69) is 19.1 Å². The van der Waals surface area contributed by atoms with Crippen molar-refractivity contribution in [3.05, 3.63) is 71.8 Å². The van der Waals surface area contributed by atoms with E-state index < -0.39 is 8.41 Å². The Balaban J connectivity index is 1.35. The lowest BCUT2D eigenvalue weighted by Gasteiger charge is -2.28.